The van der Waals surface area contributed by atoms with Crippen molar-refractivity contribution in [3.05, 3.63) is 34.3 Å². The number of benzene rings is 1. The zero-order chi connectivity index (χ0) is 14.9. The van der Waals surface area contributed by atoms with Gasteiger partial charge in [0.05, 0.1) is 10.4 Å². The number of rotatable bonds is 4. The second-order valence-electron chi connectivity index (χ2n) is 5.71. The average molecular weight is 355 g/mol. The van der Waals surface area contributed by atoms with Gasteiger partial charge in [0, 0.05) is 18.1 Å². The van der Waals surface area contributed by atoms with Crippen molar-refractivity contribution >= 4 is 39.0 Å². The van der Waals surface area contributed by atoms with Gasteiger partial charge in [0.25, 0.3) is 0 Å². The quantitative estimate of drug-likeness (QED) is 0.845. The highest BCUT2D eigenvalue weighted by Crippen LogP contribution is 2.47. The molecule has 1 aromatic carbocycles. The molecule has 1 aliphatic carbocycles. The molecule has 1 fully saturated rings. The van der Waals surface area contributed by atoms with Crippen LogP contribution in [0.25, 0.3) is 0 Å². The summed E-state index contributed by atoms with van der Waals surface area (Å²) in [4.78, 5) is 14.8. The van der Waals surface area contributed by atoms with Gasteiger partial charge in [-0.15, -0.1) is 0 Å². The number of halogens is 1. The lowest BCUT2D eigenvalue weighted by molar-refractivity contribution is -0.143. The first-order valence-corrected chi connectivity index (χ1v) is 7.86. The van der Waals surface area contributed by atoms with E-state index in [0.29, 0.717) is 17.5 Å². The molecule has 2 N–H and O–H groups in total. The molecule has 0 radical (unpaired) electrons. The third-order valence-corrected chi connectivity index (χ3v) is 5.15. The summed E-state index contributed by atoms with van der Waals surface area (Å²) in [5.41, 5.74) is 6.29. The number of hydrogen-bond donors (Lipinski definition) is 1. The van der Waals surface area contributed by atoms with Crippen molar-refractivity contribution in [2.24, 2.45) is 17.1 Å². The van der Waals surface area contributed by atoms with E-state index >= 15 is 0 Å². The molecule has 0 unspecified atom stereocenters. The van der Waals surface area contributed by atoms with Crippen LogP contribution in [0, 0.1) is 11.3 Å². The van der Waals surface area contributed by atoms with Crippen LogP contribution in [0.4, 0.5) is 0 Å². The molecule has 1 saturated carbocycles. The number of thiocarbonyl (C=S) groups is 1. The minimum atomic E-state index is -0.620. The van der Waals surface area contributed by atoms with E-state index in [1.165, 1.54) is 0 Å². The SMILES string of the molecule is CC1CC(C(=O)N(C)Cc2ccccc2Br)(C(N)=S)C1. The summed E-state index contributed by atoms with van der Waals surface area (Å²) in [5.74, 6) is 0.552. The summed E-state index contributed by atoms with van der Waals surface area (Å²) in [6, 6.07) is 7.90. The Bertz CT molecular complexity index is 540. The van der Waals surface area contributed by atoms with Gasteiger partial charge in [-0.2, -0.15) is 0 Å². The zero-order valence-electron chi connectivity index (χ0n) is 11.7. The lowest BCUT2D eigenvalue weighted by Gasteiger charge is -2.46. The maximum atomic E-state index is 12.7. The monoisotopic (exact) mass is 354 g/mol. The predicted molar refractivity (Wildman–Crippen MR) is 88.2 cm³/mol. The summed E-state index contributed by atoms with van der Waals surface area (Å²) in [7, 11) is 1.81. The number of nitrogens with two attached hydrogens (primary N) is 1. The number of carbonyl (C=O) groups is 1. The van der Waals surface area contributed by atoms with E-state index in [1.807, 2.05) is 31.3 Å². The molecule has 0 heterocycles. The van der Waals surface area contributed by atoms with Gasteiger partial charge in [0.1, 0.15) is 0 Å². The van der Waals surface area contributed by atoms with Gasteiger partial charge < -0.3 is 10.6 Å². The van der Waals surface area contributed by atoms with Gasteiger partial charge >= 0.3 is 0 Å². The first-order valence-electron chi connectivity index (χ1n) is 6.65. The van der Waals surface area contributed by atoms with Gasteiger partial charge in [-0.3, -0.25) is 4.79 Å². The molecule has 108 valence electrons. The first kappa shape index (κ1) is 15.4. The fraction of sp³-hybridized carbons (Fsp3) is 0.467. The Kier molecular flexibility index (Phi) is 4.49. The van der Waals surface area contributed by atoms with Crippen LogP contribution in [0.2, 0.25) is 0 Å². The summed E-state index contributed by atoms with van der Waals surface area (Å²) < 4.78 is 1.01. The maximum Gasteiger partial charge on any atom is 0.235 e. The molecule has 0 atom stereocenters. The van der Waals surface area contributed by atoms with E-state index in [1.54, 1.807) is 4.90 Å². The van der Waals surface area contributed by atoms with Gasteiger partial charge in [-0.05, 0) is 30.4 Å². The Morgan fingerprint density at radius 1 is 1.50 bits per heavy atom. The molecular formula is C15H19BrN2OS. The van der Waals surface area contributed by atoms with Crippen LogP contribution in [0.3, 0.4) is 0 Å². The zero-order valence-corrected chi connectivity index (χ0v) is 14.1. The number of nitrogens with zero attached hydrogens (tertiary/aromatic N) is 1. The Balaban J connectivity index is 2.13. The molecule has 2 rings (SSSR count). The highest BCUT2D eigenvalue weighted by molar-refractivity contribution is 9.10. The first-order chi connectivity index (χ1) is 9.36. The summed E-state index contributed by atoms with van der Waals surface area (Å²) in [6.07, 6.45) is 1.53. The molecule has 0 bridgehead atoms. The van der Waals surface area contributed by atoms with Crippen molar-refractivity contribution in [1.29, 1.82) is 0 Å². The minimum Gasteiger partial charge on any atom is -0.392 e. The molecule has 0 aromatic heterocycles. The molecule has 1 amide bonds. The van der Waals surface area contributed by atoms with Crippen LogP contribution >= 0.6 is 28.1 Å². The molecule has 1 aromatic rings. The van der Waals surface area contributed by atoms with E-state index in [9.17, 15) is 4.79 Å². The van der Waals surface area contributed by atoms with Gasteiger partial charge in [0.2, 0.25) is 5.91 Å². The van der Waals surface area contributed by atoms with E-state index in [-0.39, 0.29) is 5.91 Å². The van der Waals surface area contributed by atoms with Crippen LogP contribution in [0.5, 0.6) is 0 Å². The van der Waals surface area contributed by atoms with E-state index < -0.39 is 5.41 Å². The number of carbonyl (C=O) groups excluding carboxylic acids is 1. The molecule has 20 heavy (non-hydrogen) atoms. The molecule has 0 saturated heterocycles. The predicted octanol–water partition coefficient (Wildman–Crippen LogP) is 3.11. The van der Waals surface area contributed by atoms with Crippen molar-refractivity contribution < 1.29 is 4.79 Å². The van der Waals surface area contributed by atoms with E-state index in [0.717, 1.165) is 22.9 Å². The maximum absolute atomic E-state index is 12.7. The van der Waals surface area contributed by atoms with Crippen LogP contribution in [-0.4, -0.2) is 22.8 Å². The van der Waals surface area contributed by atoms with Crippen LogP contribution < -0.4 is 5.73 Å². The lowest BCUT2D eigenvalue weighted by Crippen LogP contribution is -2.56. The van der Waals surface area contributed by atoms with Crippen molar-refractivity contribution in [2.45, 2.75) is 26.3 Å². The molecule has 1 aliphatic rings. The average Bonchev–Trinajstić information content (AvgIpc) is 2.36. The Labute approximate surface area is 133 Å². The molecule has 0 aliphatic heterocycles. The minimum absolute atomic E-state index is 0.0406. The van der Waals surface area contributed by atoms with Crippen LogP contribution in [0.15, 0.2) is 28.7 Å². The molecule has 5 heteroatoms. The highest BCUT2D eigenvalue weighted by Gasteiger charge is 2.51. The topological polar surface area (TPSA) is 46.3 Å². The smallest absolute Gasteiger partial charge is 0.235 e. The summed E-state index contributed by atoms with van der Waals surface area (Å²) >= 11 is 8.65. The van der Waals surface area contributed by atoms with Gasteiger partial charge in [-0.25, -0.2) is 0 Å². The normalized spacial score (nSPS) is 24.9. The van der Waals surface area contributed by atoms with Crippen molar-refractivity contribution in [3.63, 3.8) is 0 Å². The molecule has 3 nitrogen and oxygen atoms in total. The van der Waals surface area contributed by atoms with Crippen LogP contribution in [0.1, 0.15) is 25.3 Å². The summed E-state index contributed by atoms with van der Waals surface area (Å²) in [6.45, 7) is 2.68. The fourth-order valence-electron chi connectivity index (χ4n) is 2.93. The van der Waals surface area contributed by atoms with Crippen LogP contribution in [-0.2, 0) is 11.3 Å². The third-order valence-electron chi connectivity index (χ3n) is 3.99. The second kappa shape index (κ2) is 5.82. The Morgan fingerprint density at radius 3 is 2.60 bits per heavy atom. The van der Waals surface area contributed by atoms with E-state index in [4.69, 9.17) is 18.0 Å². The Hall–Kier alpha value is -0.940. The van der Waals surface area contributed by atoms with Crippen molar-refractivity contribution in [2.75, 3.05) is 7.05 Å². The van der Waals surface area contributed by atoms with E-state index in [2.05, 4.69) is 22.9 Å². The van der Waals surface area contributed by atoms with Crippen molar-refractivity contribution in [1.82, 2.24) is 4.90 Å². The number of hydrogen-bond acceptors (Lipinski definition) is 2. The van der Waals surface area contributed by atoms with Gasteiger partial charge in [-0.1, -0.05) is 53.3 Å². The lowest BCUT2D eigenvalue weighted by atomic mass is 9.61. The standard InChI is InChI=1S/C15H19BrN2OS/c1-10-7-15(8-10,13(17)20)14(19)18(2)9-11-5-3-4-6-12(11)16/h3-6,10H,7-9H2,1-2H3,(H2,17,20). The van der Waals surface area contributed by atoms with Crippen molar-refractivity contribution in [3.8, 4) is 0 Å². The Morgan fingerprint density at radius 2 is 2.10 bits per heavy atom. The fourth-order valence-corrected chi connectivity index (χ4v) is 3.59. The largest absolute Gasteiger partial charge is 0.392 e. The molecular weight excluding hydrogens is 336 g/mol. The third kappa shape index (κ3) is 2.74. The second-order valence-corrected chi connectivity index (χ2v) is 7.01. The highest BCUT2D eigenvalue weighted by atomic mass is 79.9. The summed E-state index contributed by atoms with van der Waals surface area (Å²) in [5, 5.41) is 0. The van der Waals surface area contributed by atoms with Gasteiger partial charge in [0.15, 0.2) is 0 Å². The molecule has 0 spiro atoms. The number of amides is 1.